The third-order valence-electron chi connectivity index (χ3n) is 3.28. The minimum atomic E-state index is -1.26. The number of hydrogen-bond donors (Lipinski definition) is 3. The van der Waals surface area contributed by atoms with Crippen molar-refractivity contribution >= 4 is 23.3 Å². The molecular weight excluding hydrogens is 333 g/mol. The van der Waals surface area contributed by atoms with Gasteiger partial charge in [0.1, 0.15) is 11.9 Å². The molecule has 0 aliphatic carbocycles. The van der Waals surface area contributed by atoms with E-state index < -0.39 is 18.0 Å². The highest BCUT2D eigenvalue weighted by Crippen LogP contribution is 2.25. The standard InChI is InChI=1S/C17H15ClFN3O2/c18-13-2-1-3-14(19)16(13)15(23)10-21-17(24)22-12-6-4-11(5-7-12)8-9-20/h1-7,15,23H,8,10H2,(H2,21,22,24). The second-order valence-corrected chi connectivity index (χ2v) is 5.43. The smallest absolute Gasteiger partial charge is 0.319 e. The average Bonchev–Trinajstić information content (AvgIpc) is 2.55. The van der Waals surface area contributed by atoms with Crippen molar-refractivity contribution in [1.82, 2.24) is 5.32 Å². The first-order valence-corrected chi connectivity index (χ1v) is 7.51. The third-order valence-corrected chi connectivity index (χ3v) is 3.61. The van der Waals surface area contributed by atoms with Crippen LogP contribution in [-0.4, -0.2) is 17.7 Å². The number of nitriles is 1. The Kier molecular flexibility index (Phi) is 6.13. The van der Waals surface area contributed by atoms with Crippen molar-refractivity contribution in [2.24, 2.45) is 0 Å². The lowest BCUT2D eigenvalue weighted by Crippen LogP contribution is -2.32. The number of rotatable bonds is 5. The summed E-state index contributed by atoms with van der Waals surface area (Å²) >= 11 is 5.86. The molecule has 7 heteroatoms. The number of carbonyl (C=O) groups is 1. The molecule has 5 nitrogen and oxygen atoms in total. The van der Waals surface area contributed by atoms with Gasteiger partial charge in [-0.1, -0.05) is 29.8 Å². The largest absolute Gasteiger partial charge is 0.386 e. The first-order valence-electron chi connectivity index (χ1n) is 7.14. The van der Waals surface area contributed by atoms with Crippen molar-refractivity contribution in [3.63, 3.8) is 0 Å². The molecule has 2 aromatic rings. The number of benzene rings is 2. The van der Waals surface area contributed by atoms with Crippen molar-refractivity contribution in [1.29, 1.82) is 5.26 Å². The summed E-state index contributed by atoms with van der Waals surface area (Å²) in [7, 11) is 0. The van der Waals surface area contributed by atoms with Crippen LogP contribution in [0.3, 0.4) is 0 Å². The second kappa shape index (κ2) is 8.29. The second-order valence-electron chi connectivity index (χ2n) is 5.02. The Labute approximate surface area is 143 Å². The lowest BCUT2D eigenvalue weighted by Gasteiger charge is -2.15. The van der Waals surface area contributed by atoms with Crippen molar-refractivity contribution in [2.75, 3.05) is 11.9 Å². The molecule has 0 bridgehead atoms. The highest BCUT2D eigenvalue weighted by molar-refractivity contribution is 6.31. The number of nitrogens with zero attached hydrogens (tertiary/aromatic N) is 1. The van der Waals surface area contributed by atoms with Crippen LogP contribution in [-0.2, 0) is 6.42 Å². The predicted octanol–water partition coefficient (Wildman–Crippen LogP) is 3.40. The Bertz CT molecular complexity index is 739. The summed E-state index contributed by atoms with van der Waals surface area (Å²) in [6.45, 7) is -0.195. The molecule has 0 heterocycles. The molecule has 0 spiro atoms. The van der Waals surface area contributed by atoms with Crippen LogP contribution in [0, 0.1) is 17.1 Å². The van der Waals surface area contributed by atoms with E-state index >= 15 is 0 Å². The molecule has 24 heavy (non-hydrogen) atoms. The molecule has 2 rings (SSSR count). The Morgan fingerprint density at radius 2 is 2.00 bits per heavy atom. The van der Waals surface area contributed by atoms with Crippen LogP contribution < -0.4 is 10.6 Å². The molecule has 0 aliphatic rings. The van der Waals surface area contributed by atoms with Crippen molar-refractivity contribution in [3.05, 3.63) is 64.4 Å². The van der Waals surface area contributed by atoms with Gasteiger partial charge < -0.3 is 15.7 Å². The summed E-state index contributed by atoms with van der Waals surface area (Å²) in [5.74, 6) is -0.634. The molecule has 0 aromatic heterocycles. The Hall–Kier alpha value is -2.62. The summed E-state index contributed by atoms with van der Waals surface area (Å²) in [4.78, 5) is 11.8. The topological polar surface area (TPSA) is 85.2 Å². The summed E-state index contributed by atoms with van der Waals surface area (Å²) in [5.41, 5.74) is 1.32. The number of hydrogen-bond acceptors (Lipinski definition) is 3. The molecule has 1 atom stereocenters. The van der Waals surface area contributed by atoms with Crippen LogP contribution in [0.5, 0.6) is 0 Å². The highest BCUT2D eigenvalue weighted by atomic mass is 35.5. The van der Waals surface area contributed by atoms with Crippen LogP contribution in [0.15, 0.2) is 42.5 Å². The van der Waals surface area contributed by atoms with Gasteiger partial charge in [-0.05, 0) is 29.8 Å². The van der Waals surface area contributed by atoms with Crippen molar-refractivity contribution in [3.8, 4) is 6.07 Å². The molecule has 0 aliphatic heterocycles. The van der Waals surface area contributed by atoms with Crippen molar-refractivity contribution in [2.45, 2.75) is 12.5 Å². The monoisotopic (exact) mass is 347 g/mol. The van der Waals surface area contributed by atoms with Gasteiger partial charge in [0.25, 0.3) is 0 Å². The number of carbonyl (C=O) groups excluding carboxylic acids is 1. The van der Waals surface area contributed by atoms with E-state index in [2.05, 4.69) is 10.6 Å². The first kappa shape index (κ1) is 17.7. The maximum Gasteiger partial charge on any atom is 0.319 e. The Morgan fingerprint density at radius 3 is 2.62 bits per heavy atom. The van der Waals surface area contributed by atoms with Gasteiger partial charge in [-0.3, -0.25) is 0 Å². The van der Waals surface area contributed by atoms with Crippen LogP contribution in [0.25, 0.3) is 0 Å². The quantitative estimate of drug-likeness (QED) is 0.775. The summed E-state index contributed by atoms with van der Waals surface area (Å²) in [5, 5.41) is 23.7. The van der Waals surface area contributed by atoms with E-state index in [-0.39, 0.29) is 17.1 Å². The van der Waals surface area contributed by atoms with E-state index in [1.807, 2.05) is 6.07 Å². The van der Waals surface area contributed by atoms with E-state index in [9.17, 15) is 14.3 Å². The normalized spacial score (nSPS) is 11.4. The number of nitrogens with one attached hydrogen (secondary N) is 2. The Morgan fingerprint density at radius 1 is 1.29 bits per heavy atom. The van der Waals surface area contributed by atoms with Gasteiger partial charge in [-0.2, -0.15) is 5.26 Å². The van der Waals surface area contributed by atoms with Crippen molar-refractivity contribution < 1.29 is 14.3 Å². The van der Waals surface area contributed by atoms with Gasteiger partial charge >= 0.3 is 6.03 Å². The molecule has 2 amide bonds. The zero-order chi connectivity index (χ0) is 17.5. The first-order chi connectivity index (χ1) is 11.5. The molecule has 124 valence electrons. The van der Waals surface area contributed by atoms with Crippen LogP contribution in [0.4, 0.5) is 14.9 Å². The van der Waals surface area contributed by atoms with Gasteiger partial charge in [-0.25, -0.2) is 9.18 Å². The molecule has 0 saturated heterocycles. The zero-order valence-corrected chi connectivity index (χ0v) is 13.3. The van der Waals surface area contributed by atoms with Gasteiger partial charge in [0.05, 0.1) is 12.5 Å². The fraction of sp³-hybridized carbons (Fsp3) is 0.176. The fourth-order valence-electron chi connectivity index (χ4n) is 2.09. The maximum atomic E-state index is 13.7. The minimum absolute atomic E-state index is 0.0553. The highest BCUT2D eigenvalue weighted by Gasteiger charge is 2.17. The molecule has 3 N–H and O–H groups in total. The van der Waals surface area contributed by atoms with Gasteiger partial charge in [0.2, 0.25) is 0 Å². The molecule has 0 radical (unpaired) electrons. The number of urea groups is 1. The van der Waals surface area contributed by atoms with Crippen LogP contribution in [0.1, 0.15) is 17.2 Å². The van der Waals surface area contributed by atoms with Gasteiger partial charge in [0, 0.05) is 22.8 Å². The number of anilines is 1. The summed E-state index contributed by atoms with van der Waals surface area (Å²) in [6.07, 6.45) is -0.968. The van der Waals surface area contributed by atoms with E-state index in [0.717, 1.165) is 5.56 Å². The zero-order valence-electron chi connectivity index (χ0n) is 12.6. The summed E-state index contributed by atoms with van der Waals surface area (Å²) in [6, 6.07) is 12.4. The average molecular weight is 348 g/mol. The lowest BCUT2D eigenvalue weighted by atomic mass is 10.1. The van der Waals surface area contributed by atoms with Gasteiger partial charge in [0.15, 0.2) is 0 Å². The van der Waals surface area contributed by atoms with E-state index in [4.69, 9.17) is 16.9 Å². The predicted molar refractivity (Wildman–Crippen MR) is 89.2 cm³/mol. The minimum Gasteiger partial charge on any atom is -0.386 e. The Balaban J connectivity index is 1.90. The third kappa shape index (κ3) is 4.69. The molecule has 1 unspecified atom stereocenters. The molecule has 0 fully saturated rings. The van der Waals surface area contributed by atoms with E-state index in [1.54, 1.807) is 24.3 Å². The van der Waals surface area contributed by atoms with E-state index in [1.165, 1.54) is 18.2 Å². The fourth-order valence-corrected chi connectivity index (χ4v) is 2.38. The number of amides is 2. The maximum absolute atomic E-state index is 13.7. The lowest BCUT2D eigenvalue weighted by molar-refractivity contribution is 0.171. The molecule has 2 aromatic carbocycles. The summed E-state index contributed by atoms with van der Waals surface area (Å²) < 4.78 is 13.7. The number of aliphatic hydroxyl groups is 1. The SMILES string of the molecule is N#CCc1ccc(NC(=O)NCC(O)c2c(F)cccc2Cl)cc1. The van der Waals surface area contributed by atoms with E-state index in [0.29, 0.717) is 12.1 Å². The molecule has 0 saturated carbocycles. The number of aliphatic hydroxyl groups excluding tert-OH is 1. The van der Waals surface area contributed by atoms with Gasteiger partial charge in [-0.15, -0.1) is 0 Å². The number of halogens is 2. The van der Waals surface area contributed by atoms with Crippen LogP contribution in [0.2, 0.25) is 5.02 Å². The molecular formula is C17H15ClFN3O2. The van der Waals surface area contributed by atoms with Crippen LogP contribution >= 0.6 is 11.6 Å².